The minimum absolute atomic E-state index is 0. The molecule has 1 aromatic heterocycles. The first-order chi connectivity index (χ1) is 31.5. The molecule has 4 rings (SSSR count). The molecule has 68 heavy (non-hydrogen) atoms. The first kappa shape index (κ1) is 58.7. The molecule has 3 aliphatic rings. The molecular formula is C49H83N5O14. The Morgan fingerprint density at radius 3 is 2.22 bits per heavy atom. The molecule has 0 spiro atoms. The van der Waals surface area contributed by atoms with Gasteiger partial charge in [0.1, 0.15) is 31.0 Å². The molecule has 19 heteroatoms. The van der Waals surface area contributed by atoms with Crippen LogP contribution in [0.15, 0.2) is 30.0 Å². The summed E-state index contributed by atoms with van der Waals surface area (Å²) >= 11 is 0. The molecule has 4 heterocycles. The summed E-state index contributed by atoms with van der Waals surface area (Å²) in [5.74, 6) is -4.08. The van der Waals surface area contributed by atoms with Crippen molar-refractivity contribution in [2.45, 2.75) is 176 Å². The van der Waals surface area contributed by atoms with Gasteiger partial charge in [-0.05, 0) is 78.7 Å². The predicted octanol–water partition coefficient (Wildman–Crippen LogP) is 3.10. The maximum atomic E-state index is 13.8. The molecule has 19 nitrogen and oxygen atoms in total. The van der Waals surface area contributed by atoms with E-state index >= 15 is 0 Å². The highest BCUT2D eigenvalue weighted by molar-refractivity contribution is 5.91. The molecule has 3 unspecified atom stereocenters. The lowest BCUT2D eigenvalue weighted by Crippen LogP contribution is -2.63. The minimum atomic E-state index is -1.29. The summed E-state index contributed by atoms with van der Waals surface area (Å²) in [6, 6.07) is -0.739. The third kappa shape index (κ3) is 16.2. The number of likely N-dealkylation sites (N-methyl/N-ethyl adjacent to an activating group) is 1. The van der Waals surface area contributed by atoms with Crippen molar-refractivity contribution in [3.8, 4) is 0 Å². The van der Waals surface area contributed by atoms with Crippen LogP contribution in [0.3, 0.4) is 0 Å². The van der Waals surface area contributed by atoms with Gasteiger partial charge in [-0.15, -0.1) is 5.10 Å². The van der Waals surface area contributed by atoms with Crippen LogP contribution in [0.2, 0.25) is 0 Å². The van der Waals surface area contributed by atoms with Crippen LogP contribution < -0.4 is 0 Å². The van der Waals surface area contributed by atoms with Gasteiger partial charge in [-0.3, -0.25) is 19.2 Å². The molecule has 4 N–H and O–H groups in total. The second-order valence-corrected chi connectivity index (χ2v) is 19.5. The van der Waals surface area contributed by atoms with Crippen molar-refractivity contribution in [2.75, 3.05) is 40.9 Å². The number of carbonyl (C=O) groups excluding carboxylic acids is 4. The lowest BCUT2D eigenvalue weighted by Gasteiger charge is -2.46. The summed E-state index contributed by atoms with van der Waals surface area (Å²) < 4.78 is 37.7. The van der Waals surface area contributed by atoms with E-state index in [1.165, 1.54) is 19.9 Å². The van der Waals surface area contributed by atoms with E-state index in [2.05, 4.69) is 15.2 Å². The number of hydrogen-bond donors (Lipinski definition) is 4. The SMILES string of the molecule is C.CC[C@H]1OC(=O)C[C@@H](O)[C@H](C)[C@@H](O[C@@H]2O[C@H](C)[C@@H](O)C(N(C)C)C2O)[C@@H](CCN(C)Cc2cn(CC3O[C@H](COC(C)=O)[C@@H](OC(C)=O)[C@H](C)[C@H]3C)nn2)C[C@@H](C)C(=O)/C=C/C(C)=C/[C@@H]1CO. The molecule has 17 atom stereocenters. The van der Waals surface area contributed by atoms with Gasteiger partial charge in [-0.2, -0.15) is 0 Å². The number of carbonyl (C=O) groups is 4. The Kier molecular flexibility index (Phi) is 23.4. The van der Waals surface area contributed by atoms with Crippen LogP contribution in [-0.4, -0.2) is 177 Å². The van der Waals surface area contributed by atoms with Crippen molar-refractivity contribution in [1.29, 1.82) is 0 Å². The zero-order valence-corrected chi connectivity index (χ0v) is 41.6. The topological polar surface area (TPSA) is 242 Å². The number of aliphatic hydroxyl groups excluding tert-OH is 4. The van der Waals surface area contributed by atoms with Gasteiger partial charge in [0.25, 0.3) is 0 Å². The van der Waals surface area contributed by atoms with Crippen molar-refractivity contribution in [3.05, 3.63) is 35.7 Å². The fraction of sp³-hybridized carbons (Fsp3) is 0.796. The molecule has 0 radical (unpaired) electrons. The van der Waals surface area contributed by atoms with Crippen molar-refractivity contribution in [1.82, 2.24) is 24.8 Å². The normalized spacial score (nSPS) is 36.9. The number of hydrogen-bond acceptors (Lipinski definition) is 18. The minimum Gasteiger partial charge on any atom is -0.463 e. The van der Waals surface area contributed by atoms with E-state index < -0.39 is 103 Å². The lowest BCUT2D eigenvalue weighted by atomic mass is 9.79. The monoisotopic (exact) mass is 966 g/mol. The molecule has 388 valence electrons. The fourth-order valence-electron chi connectivity index (χ4n) is 9.60. The van der Waals surface area contributed by atoms with Crippen molar-refractivity contribution in [2.24, 2.45) is 35.5 Å². The van der Waals surface area contributed by atoms with Gasteiger partial charge in [0.15, 0.2) is 12.1 Å². The molecule has 1 aromatic rings. The molecule has 0 aliphatic carbocycles. The largest absolute Gasteiger partial charge is 0.463 e. The molecule has 0 bridgehead atoms. The second kappa shape index (κ2) is 27.1. The predicted molar refractivity (Wildman–Crippen MR) is 251 cm³/mol. The summed E-state index contributed by atoms with van der Waals surface area (Å²) in [4.78, 5) is 54.6. The molecule has 2 saturated heterocycles. The van der Waals surface area contributed by atoms with E-state index in [1.807, 2.05) is 47.9 Å². The van der Waals surface area contributed by atoms with Crippen LogP contribution in [0.25, 0.3) is 0 Å². The highest BCUT2D eigenvalue weighted by atomic mass is 16.7. The second-order valence-electron chi connectivity index (χ2n) is 19.5. The number of ketones is 1. The van der Waals surface area contributed by atoms with Gasteiger partial charge < -0.3 is 58.6 Å². The highest BCUT2D eigenvalue weighted by Crippen LogP contribution is 2.36. The van der Waals surface area contributed by atoms with E-state index in [1.54, 1.807) is 49.7 Å². The Labute approximate surface area is 403 Å². The third-order valence-electron chi connectivity index (χ3n) is 13.8. The number of aliphatic hydroxyl groups is 4. The summed E-state index contributed by atoms with van der Waals surface area (Å²) in [5, 5.41) is 53.5. The third-order valence-corrected chi connectivity index (χ3v) is 13.8. The van der Waals surface area contributed by atoms with Crippen LogP contribution in [0, 0.1) is 35.5 Å². The maximum Gasteiger partial charge on any atom is 0.308 e. The Bertz CT molecular complexity index is 1830. The first-order valence-corrected chi connectivity index (χ1v) is 23.8. The van der Waals surface area contributed by atoms with Crippen LogP contribution in [0.1, 0.15) is 101 Å². The van der Waals surface area contributed by atoms with Crippen LogP contribution >= 0.6 is 0 Å². The average molecular weight is 966 g/mol. The fourth-order valence-corrected chi connectivity index (χ4v) is 9.60. The summed E-state index contributed by atoms with van der Waals surface area (Å²) in [5.41, 5.74) is 1.39. The number of allylic oxidation sites excluding steroid dienone is 3. The van der Waals surface area contributed by atoms with Gasteiger partial charge in [0.05, 0.1) is 61.8 Å². The zero-order valence-electron chi connectivity index (χ0n) is 41.6. The van der Waals surface area contributed by atoms with E-state index in [-0.39, 0.29) is 50.8 Å². The number of cyclic esters (lactones) is 1. The Morgan fingerprint density at radius 2 is 1.60 bits per heavy atom. The van der Waals surface area contributed by atoms with Crippen molar-refractivity contribution < 1.29 is 68.0 Å². The highest BCUT2D eigenvalue weighted by Gasteiger charge is 2.48. The van der Waals surface area contributed by atoms with Gasteiger partial charge in [0, 0.05) is 50.3 Å². The lowest BCUT2D eigenvalue weighted by molar-refractivity contribution is -0.304. The molecule has 0 saturated carbocycles. The standard InChI is InChI=1S/C48H79N5O14.CH4/c1-13-39-35(24-54)18-26(2)14-15-37(57)27(3)19-34(46(30(6)38(58)20-42(59)66-39)67-48-45(61)43(51(10)11)44(60)31(7)63-48)16-17-52(12)21-36-22-53(50-49-36)23-40-28(4)29(5)47(64-33(9)56)41(65-40)25-62-32(8)55;/h14-15,18,22,27-31,34-35,38-41,43-48,54,58,60-61H,13,16-17,19-21,23-25H2,1-12H3;1H4/b15-14+,26-18+;/t27-,28-,29-,30+,31-,34+,35-,38-,39-,40?,41-,43?,44-,45?,46-,47+,48+;/m1./s1. The molecule has 0 amide bonds. The molecule has 0 aromatic carbocycles. The van der Waals surface area contributed by atoms with E-state index in [0.29, 0.717) is 50.2 Å². The number of aromatic nitrogens is 3. The van der Waals surface area contributed by atoms with E-state index in [4.69, 9.17) is 28.4 Å². The number of ether oxygens (including phenoxy) is 6. The van der Waals surface area contributed by atoms with Crippen LogP contribution in [0.5, 0.6) is 0 Å². The molecule has 3 aliphatic heterocycles. The van der Waals surface area contributed by atoms with Crippen LogP contribution in [-0.2, 0) is 60.7 Å². The number of rotatable bonds is 15. The summed E-state index contributed by atoms with van der Waals surface area (Å²) in [7, 11) is 5.41. The number of nitrogens with zero attached hydrogens (tertiary/aromatic N) is 5. The molecule has 2 fully saturated rings. The van der Waals surface area contributed by atoms with Gasteiger partial charge in [-0.25, -0.2) is 4.68 Å². The quantitative estimate of drug-likeness (QED) is 0.146. The van der Waals surface area contributed by atoms with Gasteiger partial charge in [0.2, 0.25) is 0 Å². The Balaban J connectivity index is 0.0000122. The summed E-state index contributed by atoms with van der Waals surface area (Å²) in [6.45, 7) is 16.4. The molecular weight excluding hydrogens is 883 g/mol. The zero-order chi connectivity index (χ0) is 49.9. The summed E-state index contributed by atoms with van der Waals surface area (Å²) in [6.07, 6.45) is -1.07. The number of esters is 3. The van der Waals surface area contributed by atoms with Crippen molar-refractivity contribution in [3.63, 3.8) is 0 Å². The van der Waals surface area contributed by atoms with E-state index in [0.717, 1.165) is 0 Å². The van der Waals surface area contributed by atoms with Gasteiger partial charge >= 0.3 is 17.9 Å². The van der Waals surface area contributed by atoms with E-state index in [9.17, 15) is 39.6 Å². The average Bonchev–Trinajstić information content (AvgIpc) is 3.70. The maximum absolute atomic E-state index is 13.8. The Hall–Kier alpha value is -3.66. The van der Waals surface area contributed by atoms with Crippen molar-refractivity contribution >= 4 is 23.7 Å². The van der Waals surface area contributed by atoms with Gasteiger partial charge in [-0.1, -0.05) is 65.0 Å². The van der Waals surface area contributed by atoms with Crippen LogP contribution in [0.4, 0.5) is 0 Å². The Morgan fingerprint density at radius 1 is 0.912 bits per heavy atom. The first-order valence-electron chi connectivity index (χ1n) is 23.8. The smallest absolute Gasteiger partial charge is 0.308 e.